The molecule has 3 aliphatic rings. The summed E-state index contributed by atoms with van der Waals surface area (Å²) in [6.45, 7) is 4.29. The highest BCUT2D eigenvalue weighted by atomic mass is 32.1. The van der Waals surface area contributed by atoms with Crippen LogP contribution in [-0.4, -0.2) is 85.0 Å². The van der Waals surface area contributed by atoms with Gasteiger partial charge < -0.3 is 47.3 Å². The molecular weight excluding hydrogens is 955 g/mol. The number of rotatable bonds is 21. The summed E-state index contributed by atoms with van der Waals surface area (Å²) in [5, 5.41) is 24.0. The van der Waals surface area contributed by atoms with Crippen LogP contribution in [0.15, 0.2) is 10.8 Å². The minimum atomic E-state index is -1.20. The number of hydrogen-bond acceptors (Lipinski definition) is 20. The fraction of sp³-hybridized carbons (Fsp3) is 0.581. The molecule has 4 aromatic rings. The van der Waals surface area contributed by atoms with Gasteiger partial charge in [0, 0.05) is 30.3 Å². The standard InChI is InChI=1S/C24H35FN8O4S.C19H27FN8O3S/c1-14-29-20(27-12-17-13-38-23(26)31-17)19(25)21(30-14)32-33-22(34)16(10-15-6-2-3-7-15)11-28-24(35)37-18-8-4-5-9-36-18;1-10-24-15(22-8-13-9-32-18(21)26-13)14(20)16(25-10)27-28-17(29)12(7-23-19(30)31)6-11-4-2-3-5-11/h13,15-16,18H,2-12H2,1H3,(H2,26,31)(H,28,35)(H,33,34)(H2,27,29,30,32);9,11-12,23H,2-8H2,1H3,(H2,21,26)(H,28,29)(H,30,31)(H2,22,24,25,27)/t16-,18?;12-/m11/s1. The number of aryl methyl sites for hydroxylation is 2. The van der Waals surface area contributed by atoms with E-state index >= 15 is 4.39 Å². The van der Waals surface area contributed by atoms with E-state index in [0.717, 1.165) is 64.2 Å². The molecule has 2 aliphatic carbocycles. The molecule has 4 amide bonds. The number of nitrogens with two attached hydrogens (primary N) is 2. The number of carbonyl (C=O) groups is 4. The molecular formula is C43H62F2N16O7S2. The molecule has 27 heteroatoms. The number of amides is 4. The Morgan fingerprint density at radius 1 is 0.686 bits per heavy atom. The molecule has 2 saturated carbocycles. The Hall–Kier alpha value is -6.48. The lowest BCUT2D eigenvalue weighted by Crippen LogP contribution is -2.43. The van der Waals surface area contributed by atoms with Crippen LogP contribution in [-0.2, 0) is 32.2 Å². The van der Waals surface area contributed by atoms with Crippen molar-refractivity contribution < 1.29 is 42.5 Å². The van der Waals surface area contributed by atoms with Crippen molar-refractivity contribution >= 4 is 80.2 Å². The van der Waals surface area contributed by atoms with Crippen molar-refractivity contribution in [3.63, 3.8) is 0 Å². The minimum absolute atomic E-state index is 0.0196. The van der Waals surface area contributed by atoms with Gasteiger partial charge >= 0.3 is 12.2 Å². The molecule has 0 aromatic carbocycles. The number of carbonyl (C=O) groups excluding carboxylic acids is 3. The van der Waals surface area contributed by atoms with Crippen molar-refractivity contribution in [2.45, 2.75) is 117 Å². The van der Waals surface area contributed by atoms with Crippen molar-refractivity contribution in [1.82, 2.24) is 51.4 Å². The topological polar surface area (TPSA) is 333 Å². The van der Waals surface area contributed by atoms with E-state index in [9.17, 15) is 23.6 Å². The predicted molar refractivity (Wildman–Crippen MR) is 259 cm³/mol. The van der Waals surface area contributed by atoms with Gasteiger partial charge in [0.1, 0.15) is 11.6 Å². The number of alkyl carbamates (subject to hydrolysis) is 1. The number of hydrazine groups is 2. The van der Waals surface area contributed by atoms with Gasteiger partial charge in [0.25, 0.3) is 0 Å². The molecule has 1 aliphatic heterocycles. The van der Waals surface area contributed by atoms with E-state index in [1.165, 1.54) is 22.7 Å². The summed E-state index contributed by atoms with van der Waals surface area (Å²) >= 11 is 2.57. The van der Waals surface area contributed by atoms with E-state index < -0.39 is 47.9 Å². The highest BCUT2D eigenvalue weighted by molar-refractivity contribution is 7.13. The third kappa shape index (κ3) is 16.9. The van der Waals surface area contributed by atoms with Gasteiger partial charge in [-0.15, -0.1) is 22.7 Å². The van der Waals surface area contributed by atoms with Gasteiger partial charge in [0.2, 0.25) is 29.7 Å². The Balaban J connectivity index is 0.000000233. The summed E-state index contributed by atoms with van der Waals surface area (Å²) in [4.78, 5) is 73.5. The second-order valence-corrected chi connectivity index (χ2v) is 19.1. The first-order valence-corrected chi connectivity index (χ1v) is 25.0. The van der Waals surface area contributed by atoms with Gasteiger partial charge in [-0.2, -0.15) is 8.78 Å². The third-order valence-corrected chi connectivity index (χ3v) is 13.3. The first kappa shape index (κ1) is 52.9. The van der Waals surface area contributed by atoms with Crippen LogP contribution in [0.3, 0.4) is 0 Å². The number of anilines is 6. The summed E-state index contributed by atoms with van der Waals surface area (Å²) in [5.74, 6) is -2.55. The van der Waals surface area contributed by atoms with Gasteiger partial charge in [-0.05, 0) is 51.4 Å². The number of hydrogen-bond donors (Lipinski definition) is 11. The van der Waals surface area contributed by atoms with E-state index in [4.69, 9.17) is 26.0 Å². The molecule has 0 spiro atoms. The van der Waals surface area contributed by atoms with Crippen LogP contribution in [0.1, 0.15) is 107 Å². The number of nitrogen functional groups attached to an aromatic ring is 2. The first-order chi connectivity index (χ1) is 33.7. The van der Waals surface area contributed by atoms with Crippen molar-refractivity contribution in [3.8, 4) is 0 Å². The van der Waals surface area contributed by atoms with Crippen LogP contribution in [0.2, 0.25) is 0 Å². The molecule has 4 aromatic heterocycles. The lowest BCUT2D eigenvalue weighted by Gasteiger charge is -2.24. The van der Waals surface area contributed by atoms with E-state index in [-0.39, 0.29) is 55.4 Å². The zero-order chi connectivity index (χ0) is 50.0. The largest absolute Gasteiger partial charge is 0.465 e. The highest BCUT2D eigenvalue weighted by Crippen LogP contribution is 2.32. The molecule has 3 atom stereocenters. The molecule has 23 nitrogen and oxygen atoms in total. The van der Waals surface area contributed by atoms with Crippen LogP contribution in [0.4, 0.5) is 51.9 Å². The molecule has 1 saturated heterocycles. The van der Waals surface area contributed by atoms with Crippen molar-refractivity contribution in [2.24, 2.45) is 23.7 Å². The van der Waals surface area contributed by atoms with Crippen molar-refractivity contribution in [1.29, 1.82) is 0 Å². The number of halogens is 2. The van der Waals surface area contributed by atoms with Crippen molar-refractivity contribution in [3.05, 3.63) is 45.4 Å². The van der Waals surface area contributed by atoms with E-state index in [0.29, 0.717) is 71.0 Å². The number of carboxylic acid groups (broad SMARTS) is 1. The maximum atomic E-state index is 15.1. The summed E-state index contributed by atoms with van der Waals surface area (Å²) in [6, 6.07) is 0. The molecule has 382 valence electrons. The quantitative estimate of drug-likeness (QED) is 0.0430. The third-order valence-electron chi connectivity index (χ3n) is 11.8. The smallest absolute Gasteiger partial charge is 0.409 e. The van der Waals surface area contributed by atoms with E-state index in [1.807, 2.05) is 0 Å². The maximum Gasteiger partial charge on any atom is 0.409 e. The maximum absolute atomic E-state index is 15.1. The number of thiazole rings is 2. The number of nitrogens with zero attached hydrogens (tertiary/aromatic N) is 6. The molecule has 0 bridgehead atoms. The lowest BCUT2D eigenvalue weighted by molar-refractivity contribution is -0.128. The molecule has 3 fully saturated rings. The summed E-state index contributed by atoms with van der Waals surface area (Å²) in [5.41, 5.74) is 22.7. The molecule has 7 rings (SSSR count). The summed E-state index contributed by atoms with van der Waals surface area (Å²) in [6.07, 6.45) is 9.90. The van der Waals surface area contributed by atoms with Gasteiger partial charge in [0.05, 0.1) is 42.9 Å². The average molecular weight is 1020 g/mol. The second-order valence-electron chi connectivity index (χ2n) is 17.3. The van der Waals surface area contributed by atoms with Crippen LogP contribution in [0, 0.1) is 49.2 Å². The van der Waals surface area contributed by atoms with Crippen LogP contribution in [0.5, 0.6) is 0 Å². The SMILES string of the molecule is Cc1nc(NCc2csc(N)n2)c(F)c(NNC(=O)[C@@H](CNC(=O)O)CC2CCCC2)n1.Cc1nc(NCc2csc(N)n2)c(F)c(NNC(=O)[C@@H](CNC(=O)OC2CCCCO2)CC2CCCC2)n1. The Bertz CT molecular complexity index is 2360. The summed E-state index contributed by atoms with van der Waals surface area (Å²) in [7, 11) is 0. The summed E-state index contributed by atoms with van der Waals surface area (Å²) < 4.78 is 40.7. The van der Waals surface area contributed by atoms with Gasteiger partial charge in [-0.3, -0.25) is 31.3 Å². The zero-order valence-corrected chi connectivity index (χ0v) is 40.7. The Labute approximate surface area is 411 Å². The molecule has 5 heterocycles. The van der Waals surface area contributed by atoms with Gasteiger partial charge in [0.15, 0.2) is 33.5 Å². The van der Waals surface area contributed by atoms with Gasteiger partial charge in [-0.25, -0.2) is 39.5 Å². The average Bonchev–Trinajstić information content (AvgIpc) is 4.19. The second kappa shape index (κ2) is 26.5. The number of ether oxygens (including phenoxy) is 2. The Morgan fingerprint density at radius 2 is 1.13 bits per heavy atom. The Morgan fingerprint density at radius 3 is 1.54 bits per heavy atom. The van der Waals surface area contributed by atoms with Crippen molar-refractivity contribution in [2.75, 3.05) is 52.6 Å². The van der Waals surface area contributed by atoms with Crippen LogP contribution in [0.25, 0.3) is 0 Å². The normalized spacial score (nSPS) is 16.8. The molecule has 0 radical (unpaired) electrons. The first-order valence-electron chi connectivity index (χ1n) is 23.3. The molecule has 70 heavy (non-hydrogen) atoms. The predicted octanol–water partition coefficient (Wildman–Crippen LogP) is 5.95. The number of nitrogens with one attached hydrogen (secondary N) is 8. The minimum Gasteiger partial charge on any atom is -0.465 e. The Kier molecular flexibility index (Phi) is 20.0. The monoisotopic (exact) mass is 1020 g/mol. The van der Waals surface area contributed by atoms with Gasteiger partial charge in [-0.1, -0.05) is 51.4 Å². The van der Waals surface area contributed by atoms with Crippen LogP contribution >= 0.6 is 22.7 Å². The fourth-order valence-electron chi connectivity index (χ4n) is 8.36. The van der Waals surface area contributed by atoms with E-state index in [2.05, 4.69) is 72.9 Å². The zero-order valence-electron chi connectivity index (χ0n) is 39.1. The molecule has 13 N–H and O–H groups in total. The van der Waals surface area contributed by atoms with Crippen LogP contribution < -0.4 is 54.4 Å². The van der Waals surface area contributed by atoms with E-state index in [1.54, 1.807) is 24.6 Å². The highest BCUT2D eigenvalue weighted by Gasteiger charge is 2.29. The molecule has 1 unspecified atom stereocenters. The fourth-order valence-corrected chi connectivity index (χ4v) is 9.49. The lowest BCUT2D eigenvalue weighted by atomic mass is 9.92. The number of aromatic nitrogens is 6.